The molecule has 156 valence electrons. The normalized spacial score (nSPS) is 18.5. The average molecular weight is 461 g/mol. The Hall–Kier alpha value is -2.06. The Balaban J connectivity index is 1.35. The number of hydrogen-bond donors (Lipinski definition) is 1. The highest BCUT2D eigenvalue weighted by Gasteiger charge is 2.31. The second-order valence-electron chi connectivity index (χ2n) is 7.31. The van der Waals surface area contributed by atoms with E-state index >= 15 is 0 Å². The van der Waals surface area contributed by atoms with Crippen LogP contribution in [0.4, 0.5) is 5.69 Å². The lowest BCUT2D eigenvalue weighted by atomic mass is 9.98. The van der Waals surface area contributed by atoms with Crippen molar-refractivity contribution in [2.75, 3.05) is 31.6 Å². The third-order valence-electron chi connectivity index (χ3n) is 5.34. The zero-order valence-electron chi connectivity index (χ0n) is 16.2. The van der Waals surface area contributed by atoms with E-state index in [-0.39, 0.29) is 11.9 Å². The van der Waals surface area contributed by atoms with Gasteiger partial charge in [-0.2, -0.15) is 0 Å². The molecule has 0 aliphatic carbocycles. The Bertz CT molecular complexity index is 1050. The van der Waals surface area contributed by atoms with Crippen LogP contribution in [0.1, 0.15) is 27.8 Å². The first kappa shape index (κ1) is 19.9. The van der Waals surface area contributed by atoms with Gasteiger partial charge in [0.05, 0.1) is 36.5 Å². The number of nitrogens with one attached hydrogen (secondary N) is 1. The molecule has 2 aliphatic heterocycles. The van der Waals surface area contributed by atoms with E-state index in [1.54, 1.807) is 34.8 Å². The first-order valence-corrected chi connectivity index (χ1v) is 12.1. The highest BCUT2D eigenvalue weighted by atomic mass is 35.5. The number of carbonyl (C=O) groups excluding carboxylic acids is 1. The van der Waals surface area contributed by atoms with Crippen molar-refractivity contribution in [3.63, 3.8) is 0 Å². The summed E-state index contributed by atoms with van der Waals surface area (Å²) in [6.45, 7) is 2.32. The van der Waals surface area contributed by atoms with Gasteiger partial charge in [0.1, 0.15) is 0 Å². The van der Waals surface area contributed by atoms with Crippen molar-refractivity contribution < 1.29 is 14.3 Å². The number of hydrogen-bond acceptors (Lipinski definition) is 6. The molecular formula is C22H21ClN2O3S2. The number of fused-ring (bicyclic) bond motifs is 2. The lowest BCUT2D eigenvalue weighted by Gasteiger charge is -2.34. The minimum absolute atomic E-state index is 0.0911. The highest BCUT2D eigenvalue weighted by Crippen LogP contribution is 2.40. The summed E-state index contributed by atoms with van der Waals surface area (Å²) in [5.41, 5.74) is 1.86. The second kappa shape index (κ2) is 8.59. The molecule has 30 heavy (non-hydrogen) atoms. The van der Waals surface area contributed by atoms with Crippen LogP contribution >= 0.6 is 34.3 Å². The molecule has 4 heterocycles. The van der Waals surface area contributed by atoms with Gasteiger partial charge in [0.15, 0.2) is 11.5 Å². The van der Waals surface area contributed by atoms with Crippen molar-refractivity contribution in [2.45, 2.75) is 18.9 Å². The molecule has 0 radical (unpaired) electrons. The summed E-state index contributed by atoms with van der Waals surface area (Å²) in [6, 6.07) is 9.99. The fraction of sp³-hybridized carbons (Fsp3) is 0.318. The summed E-state index contributed by atoms with van der Waals surface area (Å²) in [5, 5.41) is 7.65. The fourth-order valence-corrected chi connectivity index (χ4v) is 5.95. The van der Waals surface area contributed by atoms with Gasteiger partial charge in [0, 0.05) is 34.9 Å². The average Bonchev–Trinajstić information content (AvgIpc) is 3.38. The van der Waals surface area contributed by atoms with E-state index in [4.69, 9.17) is 21.1 Å². The minimum Gasteiger partial charge on any atom is -0.490 e. The zero-order chi connectivity index (χ0) is 20.5. The number of amides is 1. The summed E-state index contributed by atoms with van der Waals surface area (Å²) >= 11 is 9.93. The van der Waals surface area contributed by atoms with Crippen LogP contribution in [0, 0.1) is 0 Å². The molecular weight excluding hydrogens is 440 g/mol. The van der Waals surface area contributed by atoms with E-state index in [0.29, 0.717) is 42.0 Å². The SMILES string of the molecule is O=C(CN1CCc2sccc2C1c1cccs1)Nc1cc2c(cc1Cl)OCCCO2. The number of carbonyl (C=O) groups is 1. The Morgan fingerprint density at radius 1 is 1.17 bits per heavy atom. The number of nitrogens with zero attached hydrogens (tertiary/aromatic N) is 1. The molecule has 0 spiro atoms. The summed E-state index contributed by atoms with van der Waals surface area (Å²) in [6.07, 6.45) is 1.78. The largest absolute Gasteiger partial charge is 0.490 e. The molecule has 0 bridgehead atoms. The van der Waals surface area contributed by atoms with Crippen LogP contribution in [0.25, 0.3) is 0 Å². The van der Waals surface area contributed by atoms with Gasteiger partial charge < -0.3 is 14.8 Å². The molecule has 0 saturated heterocycles. The fourth-order valence-electron chi connectivity index (χ4n) is 3.97. The molecule has 2 aliphatic rings. The van der Waals surface area contributed by atoms with Crippen LogP contribution in [0.5, 0.6) is 11.5 Å². The van der Waals surface area contributed by atoms with E-state index in [1.165, 1.54) is 15.3 Å². The Kier molecular flexibility index (Phi) is 5.69. The molecule has 2 aromatic heterocycles. The van der Waals surface area contributed by atoms with Crippen molar-refractivity contribution in [3.05, 3.63) is 61.4 Å². The first-order valence-electron chi connectivity index (χ1n) is 9.92. The van der Waals surface area contributed by atoms with Crippen LogP contribution in [0.15, 0.2) is 41.1 Å². The standard InChI is InChI=1S/C22H21ClN2O3S2/c23-15-11-17-18(28-8-2-7-27-17)12-16(15)24-21(26)13-25-6-4-19-14(5-10-30-19)22(25)20-3-1-9-29-20/h1,3,5,9-12,22H,2,4,6-8,13H2,(H,24,26). The predicted octanol–water partition coefficient (Wildman–Crippen LogP) is 5.21. The highest BCUT2D eigenvalue weighted by molar-refractivity contribution is 7.10. The number of halogens is 1. The quantitative estimate of drug-likeness (QED) is 0.580. The van der Waals surface area contributed by atoms with Gasteiger partial charge in [0.25, 0.3) is 0 Å². The number of benzene rings is 1. The molecule has 1 N–H and O–H groups in total. The van der Waals surface area contributed by atoms with Gasteiger partial charge in [-0.3, -0.25) is 9.69 Å². The second-order valence-corrected chi connectivity index (χ2v) is 9.70. The number of anilines is 1. The van der Waals surface area contributed by atoms with Crippen molar-refractivity contribution >= 4 is 45.9 Å². The van der Waals surface area contributed by atoms with Crippen molar-refractivity contribution in [1.82, 2.24) is 4.90 Å². The van der Waals surface area contributed by atoms with E-state index in [0.717, 1.165) is 19.4 Å². The van der Waals surface area contributed by atoms with Gasteiger partial charge in [-0.05, 0) is 34.9 Å². The first-order chi connectivity index (χ1) is 14.7. The maximum absolute atomic E-state index is 13.0. The minimum atomic E-state index is -0.0911. The number of rotatable bonds is 4. The van der Waals surface area contributed by atoms with E-state index < -0.39 is 0 Å². The molecule has 1 amide bonds. The third kappa shape index (κ3) is 3.95. The Morgan fingerprint density at radius 2 is 2.00 bits per heavy atom. The van der Waals surface area contributed by atoms with Crippen molar-refractivity contribution in [2.24, 2.45) is 0 Å². The molecule has 0 saturated carbocycles. The van der Waals surface area contributed by atoms with Gasteiger partial charge in [-0.15, -0.1) is 22.7 Å². The number of ether oxygens (including phenoxy) is 2. The molecule has 1 atom stereocenters. The smallest absolute Gasteiger partial charge is 0.238 e. The molecule has 1 aromatic carbocycles. The molecule has 1 unspecified atom stereocenters. The van der Waals surface area contributed by atoms with Gasteiger partial charge in [-0.25, -0.2) is 0 Å². The molecule has 8 heteroatoms. The molecule has 3 aromatic rings. The van der Waals surface area contributed by atoms with Crippen LogP contribution in [-0.4, -0.2) is 37.1 Å². The molecule has 0 fully saturated rings. The number of thiophene rings is 2. The predicted molar refractivity (Wildman–Crippen MR) is 121 cm³/mol. The van der Waals surface area contributed by atoms with Crippen molar-refractivity contribution in [1.29, 1.82) is 0 Å². The summed E-state index contributed by atoms with van der Waals surface area (Å²) in [4.78, 5) is 17.9. The van der Waals surface area contributed by atoms with Gasteiger partial charge in [-0.1, -0.05) is 17.7 Å². The van der Waals surface area contributed by atoms with E-state index in [2.05, 4.69) is 39.2 Å². The maximum Gasteiger partial charge on any atom is 0.238 e. The zero-order valence-corrected chi connectivity index (χ0v) is 18.6. The van der Waals surface area contributed by atoms with Gasteiger partial charge >= 0.3 is 0 Å². The molecule has 5 nitrogen and oxygen atoms in total. The van der Waals surface area contributed by atoms with E-state index in [1.807, 2.05) is 0 Å². The third-order valence-corrected chi connectivity index (χ3v) is 7.57. The van der Waals surface area contributed by atoms with Gasteiger partial charge in [0.2, 0.25) is 5.91 Å². The van der Waals surface area contributed by atoms with E-state index in [9.17, 15) is 4.79 Å². The Labute approximate surface area is 188 Å². The topological polar surface area (TPSA) is 50.8 Å². The lowest BCUT2D eigenvalue weighted by Crippen LogP contribution is -2.40. The summed E-state index contributed by atoms with van der Waals surface area (Å²) in [7, 11) is 0. The van der Waals surface area contributed by atoms with Crippen molar-refractivity contribution in [3.8, 4) is 11.5 Å². The van der Waals surface area contributed by atoms with Crippen LogP contribution < -0.4 is 14.8 Å². The van der Waals surface area contributed by atoms with Crippen LogP contribution in [-0.2, 0) is 11.2 Å². The lowest BCUT2D eigenvalue weighted by molar-refractivity contribution is -0.117. The van der Waals surface area contributed by atoms with Crippen LogP contribution in [0.2, 0.25) is 5.02 Å². The summed E-state index contributed by atoms with van der Waals surface area (Å²) in [5.74, 6) is 1.14. The maximum atomic E-state index is 13.0. The molecule has 5 rings (SSSR count). The Morgan fingerprint density at radius 3 is 2.80 bits per heavy atom. The monoisotopic (exact) mass is 460 g/mol. The van der Waals surface area contributed by atoms with Crippen LogP contribution in [0.3, 0.4) is 0 Å². The summed E-state index contributed by atoms with van der Waals surface area (Å²) < 4.78 is 11.4.